The van der Waals surface area contributed by atoms with Crippen LogP contribution < -0.4 is 0 Å². The van der Waals surface area contributed by atoms with Crippen LogP contribution in [0.2, 0.25) is 0 Å². The van der Waals surface area contributed by atoms with Gasteiger partial charge >= 0.3 is 0 Å². The molecule has 3 rings (SSSR count). The Kier molecular flexibility index (Phi) is 3.43. The molecule has 0 aliphatic carbocycles. The average molecular weight is 295 g/mol. The molecular formula is C17H11F2N3. The van der Waals surface area contributed by atoms with Crippen molar-refractivity contribution in [2.24, 2.45) is 7.05 Å². The smallest absolute Gasteiger partial charge is 0.151 e. The van der Waals surface area contributed by atoms with Crippen LogP contribution in [0.15, 0.2) is 42.5 Å². The minimum absolute atomic E-state index is 0.144. The molecule has 108 valence electrons. The van der Waals surface area contributed by atoms with Crippen molar-refractivity contribution in [2.75, 3.05) is 0 Å². The quantitative estimate of drug-likeness (QED) is 0.672. The summed E-state index contributed by atoms with van der Waals surface area (Å²) in [5.74, 6) is -0.935. The molecule has 0 amide bonds. The molecule has 0 spiro atoms. The number of para-hydroxylation sites is 2. The standard InChI is InChI=1S/C17H11F2N3/c1-22-16-5-3-2-4-15(16)21-17(22)12(10-20)8-11-6-7-13(18)9-14(11)19/h2-9H,1H3/b12-8-. The molecule has 22 heavy (non-hydrogen) atoms. The van der Waals surface area contributed by atoms with E-state index in [1.165, 1.54) is 12.1 Å². The fraction of sp³-hybridized carbons (Fsp3) is 0.0588. The maximum Gasteiger partial charge on any atom is 0.151 e. The lowest BCUT2D eigenvalue weighted by molar-refractivity contribution is 0.581. The first-order valence-electron chi connectivity index (χ1n) is 6.59. The van der Waals surface area contributed by atoms with Gasteiger partial charge in [-0.05, 0) is 30.3 Å². The van der Waals surface area contributed by atoms with Crippen LogP contribution in [-0.2, 0) is 7.05 Å². The number of fused-ring (bicyclic) bond motifs is 1. The molecule has 0 aliphatic rings. The van der Waals surface area contributed by atoms with Gasteiger partial charge in [0.25, 0.3) is 0 Å². The number of rotatable bonds is 2. The second kappa shape index (κ2) is 5.41. The van der Waals surface area contributed by atoms with E-state index in [0.29, 0.717) is 5.82 Å². The van der Waals surface area contributed by atoms with E-state index in [4.69, 9.17) is 0 Å². The summed E-state index contributed by atoms with van der Waals surface area (Å²) in [7, 11) is 1.79. The van der Waals surface area contributed by atoms with Crippen molar-refractivity contribution in [3.8, 4) is 6.07 Å². The number of nitriles is 1. The van der Waals surface area contributed by atoms with Gasteiger partial charge in [0.1, 0.15) is 17.7 Å². The summed E-state index contributed by atoms with van der Waals surface area (Å²) in [5.41, 5.74) is 1.98. The van der Waals surface area contributed by atoms with Crippen LogP contribution in [0.5, 0.6) is 0 Å². The highest BCUT2D eigenvalue weighted by Gasteiger charge is 2.12. The van der Waals surface area contributed by atoms with Crippen LogP contribution >= 0.6 is 0 Å². The lowest BCUT2D eigenvalue weighted by Gasteiger charge is -2.02. The molecule has 3 aromatic rings. The maximum absolute atomic E-state index is 13.7. The molecule has 0 atom stereocenters. The Bertz CT molecular complexity index is 933. The molecule has 2 aromatic carbocycles. The van der Waals surface area contributed by atoms with E-state index >= 15 is 0 Å². The first-order chi connectivity index (χ1) is 10.6. The Balaban J connectivity index is 2.16. The monoisotopic (exact) mass is 295 g/mol. The van der Waals surface area contributed by atoms with Gasteiger partial charge in [-0.3, -0.25) is 0 Å². The fourth-order valence-corrected chi connectivity index (χ4v) is 2.31. The highest BCUT2D eigenvalue weighted by Crippen LogP contribution is 2.23. The van der Waals surface area contributed by atoms with E-state index in [2.05, 4.69) is 4.98 Å². The molecule has 0 saturated heterocycles. The van der Waals surface area contributed by atoms with E-state index in [0.717, 1.165) is 23.2 Å². The van der Waals surface area contributed by atoms with Gasteiger partial charge < -0.3 is 4.57 Å². The number of hydrogen-bond acceptors (Lipinski definition) is 2. The topological polar surface area (TPSA) is 41.6 Å². The first kappa shape index (κ1) is 14.0. The number of imidazole rings is 1. The molecule has 0 N–H and O–H groups in total. The molecule has 1 heterocycles. The Morgan fingerprint density at radius 1 is 1.23 bits per heavy atom. The molecule has 0 bridgehead atoms. The first-order valence-corrected chi connectivity index (χ1v) is 6.59. The van der Waals surface area contributed by atoms with Gasteiger partial charge in [-0.15, -0.1) is 0 Å². The Labute approximate surface area is 125 Å². The van der Waals surface area contributed by atoms with E-state index in [1.54, 1.807) is 11.6 Å². The summed E-state index contributed by atoms with van der Waals surface area (Å²) in [4.78, 5) is 4.40. The molecule has 1 aromatic heterocycles. The average Bonchev–Trinajstić information content (AvgIpc) is 2.84. The van der Waals surface area contributed by atoms with Crippen molar-refractivity contribution < 1.29 is 8.78 Å². The summed E-state index contributed by atoms with van der Waals surface area (Å²) in [5, 5.41) is 9.37. The summed E-state index contributed by atoms with van der Waals surface area (Å²) in [6, 6.07) is 12.7. The highest BCUT2D eigenvalue weighted by atomic mass is 19.1. The largest absolute Gasteiger partial charge is 0.327 e. The van der Waals surface area contributed by atoms with Crippen LogP contribution in [0, 0.1) is 23.0 Å². The zero-order valence-corrected chi connectivity index (χ0v) is 11.7. The van der Waals surface area contributed by atoms with Crippen molar-refractivity contribution in [2.45, 2.75) is 0 Å². The van der Waals surface area contributed by atoms with Crippen LogP contribution in [0.3, 0.4) is 0 Å². The van der Waals surface area contributed by atoms with Gasteiger partial charge in [0.05, 0.1) is 16.6 Å². The molecule has 0 aliphatic heterocycles. The minimum atomic E-state index is -0.716. The maximum atomic E-state index is 13.7. The molecule has 0 radical (unpaired) electrons. The molecular weight excluding hydrogens is 284 g/mol. The minimum Gasteiger partial charge on any atom is -0.327 e. The van der Waals surface area contributed by atoms with Gasteiger partial charge in [0, 0.05) is 18.7 Å². The molecule has 5 heteroatoms. The Hall–Kier alpha value is -3.00. The second-order valence-electron chi connectivity index (χ2n) is 4.82. The van der Waals surface area contributed by atoms with Gasteiger partial charge in [0.2, 0.25) is 0 Å². The zero-order valence-electron chi connectivity index (χ0n) is 11.7. The number of halogens is 2. The van der Waals surface area contributed by atoms with Crippen molar-refractivity contribution in [1.29, 1.82) is 5.26 Å². The van der Waals surface area contributed by atoms with Crippen molar-refractivity contribution in [1.82, 2.24) is 9.55 Å². The number of aromatic nitrogens is 2. The normalized spacial score (nSPS) is 11.6. The summed E-state index contributed by atoms with van der Waals surface area (Å²) in [6.45, 7) is 0. The zero-order chi connectivity index (χ0) is 15.7. The van der Waals surface area contributed by atoms with Gasteiger partial charge in [0.15, 0.2) is 5.82 Å². The van der Waals surface area contributed by atoms with Gasteiger partial charge in [-0.1, -0.05) is 12.1 Å². The van der Waals surface area contributed by atoms with Gasteiger partial charge in [-0.2, -0.15) is 5.26 Å². The number of aryl methyl sites for hydroxylation is 1. The van der Waals surface area contributed by atoms with Crippen molar-refractivity contribution in [3.63, 3.8) is 0 Å². The SMILES string of the molecule is Cn1c(/C(C#N)=C\c2ccc(F)cc2F)nc2ccccc21. The Morgan fingerprint density at radius 2 is 2.00 bits per heavy atom. The predicted molar refractivity (Wildman–Crippen MR) is 80.6 cm³/mol. The van der Waals surface area contributed by atoms with Crippen molar-refractivity contribution >= 4 is 22.7 Å². The highest BCUT2D eigenvalue weighted by molar-refractivity contribution is 5.90. The van der Waals surface area contributed by atoms with Crippen LogP contribution in [0.4, 0.5) is 8.78 Å². The van der Waals surface area contributed by atoms with E-state index in [1.807, 2.05) is 30.3 Å². The third kappa shape index (κ3) is 2.35. The third-order valence-corrected chi connectivity index (χ3v) is 3.41. The van der Waals surface area contributed by atoms with Crippen LogP contribution in [-0.4, -0.2) is 9.55 Å². The van der Waals surface area contributed by atoms with Crippen LogP contribution in [0.25, 0.3) is 22.7 Å². The fourth-order valence-electron chi connectivity index (χ4n) is 2.31. The molecule has 0 fully saturated rings. The summed E-state index contributed by atoms with van der Waals surface area (Å²) >= 11 is 0. The lowest BCUT2D eigenvalue weighted by Crippen LogP contribution is -1.96. The number of nitrogens with zero attached hydrogens (tertiary/aromatic N) is 3. The predicted octanol–water partition coefficient (Wildman–Crippen LogP) is 3.92. The third-order valence-electron chi connectivity index (χ3n) is 3.41. The van der Waals surface area contributed by atoms with E-state index < -0.39 is 11.6 Å². The molecule has 3 nitrogen and oxygen atoms in total. The van der Waals surface area contributed by atoms with Gasteiger partial charge in [-0.25, -0.2) is 13.8 Å². The Morgan fingerprint density at radius 3 is 2.68 bits per heavy atom. The number of hydrogen-bond donors (Lipinski definition) is 0. The van der Waals surface area contributed by atoms with E-state index in [-0.39, 0.29) is 11.1 Å². The summed E-state index contributed by atoms with van der Waals surface area (Å²) < 4.78 is 28.5. The second-order valence-corrected chi connectivity index (χ2v) is 4.82. The number of allylic oxidation sites excluding steroid dienone is 1. The number of benzene rings is 2. The van der Waals surface area contributed by atoms with Crippen molar-refractivity contribution in [3.05, 3.63) is 65.5 Å². The molecule has 0 unspecified atom stereocenters. The summed E-state index contributed by atoms with van der Waals surface area (Å²) in [6.07, 6.45) is 1.37. The molecule has 0 saturated carbocycles. The van der Waals surface area contributed by atoms with E-state index in [9.17, 15) is 14.0 Å². The van der Waals surface area contributed by atoms with Crippen LogP contribution in [0.1, 0.15) is 11.4 Å². The lowest BCUT2D eigenvalue weighted by atomic mass is 10.1.